The molecule has 0 spiro atoms. The van der Waals surface area contributed by atoms with Gasteiger partial charge < -0.3 is 19.8 Å². The van der Waals surface area contributed by atoms with Crippen LogP contribution in [-0.2, 0) is 20.7 Å². The van der Waals surface area contributed by atoms with Crippen molar-refractivity contribution in [1.29, 1.82) is 0 Å². The van der Waals surface area contributed by atoms with Gasteiger partial charge in [-0.3, -0.25) is 14.4 Å². The minimum Gasteiger partial charge on any atom is -0.466 e. The molecular weight excluding hydrogens is 358 g/mol. The molecule has 2 rings (SSSR count). The van der Waals surface area contributed by atoms with Crippen LogP contribution < -0.4 is 10.6 Å². The maximum atomic E-state index is 12.5. The van der Waals surface area contributed by atoms with Crippen LogP contribution in [0.25, 0.3) is 0 Å². The van der Waals surface area contributed by atoms with Crippen LogP contribution in [0, 0.1) is 5.92 Å². The van der Waals surface area contributed by atoms with Crippen molar-refractivity contribution in [2.75, 3.05) is 11.9 Å². The van der Waals surface area contributed by atoms with Crippen LogP contribution >= 0.6 is 11.3 Å². The van der Waals surface area contributed by atoms with Gasteiger partial charge in [0.25, 0.3) is 5.91 Å². The van der Waals surface area contributed by atoms with E-state index in [9.17, 15) is 14.4 Å². The van der Waals surface area contributed by atoms with Crippen LogP contribution in [0.1, 0.15) is 37.0 Å². The van der Waals surface area contributed by atoms with Gasteiger partial charge in [0.15, 0.2) is 10.9 Å². The number of hydrogen-bond acceptors (Lipinski definition) is 7. The topological polar surface area (TPSA) is 111 Å². The third kappa shape index (κ3) is 5.41. The normalized spacial score (nSPS) is 11.8. The van der Waals surface area contributed by atoms with Crippen LogP contribution in [0.3, 0.4) is 0 Å². The number of nitrogens with one attached hydrogen (secondary N) is 2. The Hall–Kier alpha value is -2.68. The molecule has 26 heavy (non-hydrogen) atoms. The summed E-state index contributed by atoms with van der Waals surface area (Å²) in [4.78, 5) is 40.3. The second kappa shape index (κ2) is 9.14. The highest BCUT2D eigenvalue weighted by Crippen LogP contribution is 2.17. The Morgan fingerprint density at radius 1 is 1.35 bits per heavy atom. The molecule has 0 aromatic carbocycles. The zero-order valence-electron chi connectivity index (χ0n) is 14.8. The molecule has 0 saturated carbocycles. The van der Waals surface area contributed by atoms with E-state index in [1.165, 1.54) is 23.7 Å². The molecule has 1 atom stereocenters. The molecule has 0 saturated heterocycles. The highest BCUT2D eigenvalue weighted by Gasteiger charge is 2.26. The molecule has 0 unspecified atom stereocenters. The van der Waals surface area contributed by atoms with Gasteiger partial charge in [0.1, 0.15) is 6.04 Å². The second-order valence-electron chi connectivity index (χ2n) is 5.79. The summed E-state index contributed by atoms with van der Waals surface area (Å²) in [6, 6.07) is 2.36. The molecule has 140 valence electrons. The van der Waals surface area contributed by atoms with Crippen LogP contribution in [0.15, 0.2) is 28.2 Å². The van der Waals surface area contributed by atoms with Crippen LogP contribution in [-0.4, -0.2) is 35.4 Å². The molecular formula is C17H21N3O5S. The Kier molecular flexibility index (Phi) is 6.90. The Morgan fingerprint density at radius 3 is 2.73 bits per heavy atom. The van der Waals surface area contributed by atoms with Crippen molar-refractivity contribution in [2.45, 2.75) is 33.2 Å². The van der Waals surface area contributed by atoms with Crippen LogP contribution in [0.4, 0.5) is 5.13 Å². The molecule has 2 aromatic heterocycles. The first-order chi connectivity index (χ1) is 12.4. The predicted octanol–water partition coefficient (Wildman–Crippen LogP) is 2.23. The van der Waals surface area contributed by atoms with Gasteiger partial charge in [-0.15, -0.1) is 11.3 Å². The Labute approximate surface area is 154 Å². The van der Waals surface area contributed by atoms with E-state index in [4.69, 9.17) is 9.15 Å². The van der Waals surface area contributed by atoms with Gasteiger partial charge in [-0.25, -0.2) is 4.98 Å². The number of thiazole rings is 1. The standard InChI is InChI=1S/C17H21N3O5S/c1-4-24-13(21)8-11-9-26-17(18-11)20-16(23)14(10(2)3)19-15(22)12-6-5-7-25-12/h5-7,9-10,14H,4,8H2,1-3H3,(H,19,22)(H,18,20,23)/t14-/m1/s1. The third-order valence-corrected chi connectivity index (χ3v) is 4.20. The van der Waals surface area contributed by atoms with E-state index in [0.29, 0.717) is 17.4 Å². The molecule has 8 nitrogen and oxygen atoms in total. The van der Waals surface area contributed by atoms with Crippen molar-refractivity contribution in [3.63, 3.8) is 0 Å². The number of hydrogen-bond donors (Lipinski definition) is 2. The van der Waals surface area contributed by atoms with E-state index in [1.54, 1.807) is 18.4 Å². The molecule has 2 amide bonds. The number of rotatable bonds is 8. The fourth-order valence-electron chi connectivity index (χ4n) is 2.14. The molecule has 2 heterocycles. The van der Waals surface area contributed by atoms with Gasteiger partial charge in [-0.2, -0.15) is 0 Å². The lowest BCUT2D eigenvalue weighted by Gasteiger charge is -2.20. The number of nitrogens with zero attached hydrogens (tertiary/aromatic N) is 1. The van der Waals surface area contributed by atoms with Gasteiger partial charge >= 0.3 is 5.97 Å². The number of carbonyl (C=O) groups excluding carboxylic acids is 3. The smallest absolute Gasteiger partial charge is 0.311 e. The summed E-state index contributed by atoms with van der Waals surface area (Å²) in [5, 5.41) is 7.36. The van der Waals surface area contributed by atoms with Crippen molar-refractivity contribution < 1.29 is 23.5 Å². The minimum absolute atomic E-state index is 0.0447. The molecule has 2 N–H and O–H groups in total. The quantitative estimate of drug-likeness (QED) is 0.681. The molecule has 0 fully saturated rings. The van der Waals surface area contributed by atoms with Crippen LogP contribution in [0.5, 0.6) is 0 Å². The Balaban J connectivity index is 1.98. The summed E-state index contributed by atoms with van der Waals surface area (Å²) in [6.45, 7) is 5.67. The van der Waals surface area contributed by atoms with E-state index in [1.807, 2.05) is 13.8 Å². The summed E-state index contributed by atoms with van der Waals surface area (Å²) < 4.78 is 9.90. The fourth-order valence-corrected chi connectivity index (χ4v) is 2.86. The largest absolute Gasteiger partial charge is 0.466 e. The number of esters is 1. The summed E-state index contributed by atoms with van der Waals surface area (Å²) in [5.41, 5.74) is 0.518. The SMILES string of the molecule is CCOC(=O)Cc1csc(NC(=O)[C@H](NC(=O)c2ccco2)C(C)C)n1. The second-order valence-corrected chi connectivity index (χ2v) is 6.65. The van der Waals surface area contributed by atoms with E-state index >= 15 is 0 Å². The van der Waals surface area contributed by atoms with Crippen molar-refractivity contribution in [3.8, 4) is 0 Å². The number of aromatic nitrogens is 1. The van der Waals surface area contributed by atoms with Gasteiger partial charge in [0.05, 0.1) is 25.0 Å². The van der Waals surface area contributed by atoms with Gasteiger partial charge in [-0.05, 0) is 25.0 Å². The molecule has 0 aliphatic carbocycles. The maximum Gasteiger partial charge on any atom is 0.311 e. The number of anilines is 1. The Morgan fingerprint density at radius 2 is 2.12 bits per heavy atom. The Bertz CT molecular complexity index is 754. The predicted molar refractivity (Wildman–Crippen MR) is 95.9 cm³/mol. The molecule has 2 aromatic rings. The van der Waals surface area contributed by atoms with Crippen LogP contribution in [0.2, 0.25) is 0 Å². The van der Waals surface area contributed by atoms with E-state index in [0.717, 1.165) is 0 Å². The molecule has 9 heteroatoms. The summed E-state index contributed by atoms with van der Waals surface area (Å²) in [6.07, 6.45) is 1.43. The molecule has 0 aliphatic heterocycles. The summed E-state index contributed by atoms with van der Waals surface area (Å²) >= 11 is 1.20. The lowest BCUT2D eigenvalue weighted by molar-refractivity contribution is -0.142. The average molecular weight is 379 g/mol. The lowest BCUT2D eigenvalue weighted by atomic mass is 10.0. The monoisotopic (exact) mass is 379 g/mol. The van der Waals surface area contributed by atoms with E-state index in [-0.39, 0.29) is 24.1 Å². The minimum atomic E-state index is -0.759. The maximum absolute atomic E-state index is 12.5. The number of amides is 2. The first kappa shape index (κ1) is 19.6. The zero-order chi connectivity index (χ0) is 19.1. The average Bonchev–Trinajstić information content (AvgIpc) is 3.24. The van der Waals surface area contributed by atoms with Crippen molar-refractivity contribution in [2.24, 2.45) is 5.92 Å². The first-order valence-corrected chi connectivity index (χ1v) is 9.04. The summed E-state index contributed by atoms with van der Waals surface area (Å²) in [5.74, 6) is -1.24. The van der Waals surface area contributed by atoms with Crippen molar-refractivity contribution in [3.05, 3.63) is 35.2 Å². The lowest BCUT2D eigenvalue weighted by Crippen LogP contribution is -2.47. The van der Waals surface area contributed by atoms with Gasteiger partial charge in [0.2, 0.25) is 5.91 Å². The number of carbonyl (C=O) groups is 3. The van der Waals surface area contributed by atoms with E-state index < -0.39 is 17.9 Å². The molecule has 0 aliphatic rings. The molecule has 0 radical (unpaired) electrons. The number of furan rings is 1. The van der Waals surface area contributed by atoms with Gasteiger partial charge in [-0.1, -0.05) is 13.8 Å². The highest BCUT2D eigenvalue weighted by atomic mass is 32.1. The van der Waals surface area contributed by atoms with Crippen molar-refractivity contribution in [1.82, 2.24) is 10.3 Å². The highest BCUT2D eigenvalue weighted by molar-refractivity contribution is 7.13. The molecule has 0 bridgehead atoms. The summed E-state index contributed by atoms with van der Waals surface area (Å²) in [7, 11) is 0. The van der Waals surface area contributed by atoms with Gasteiger partial charge in [0, 0.05) is 5.38 Å². The van der Waals surface area contributed by atoms with E-state index in [2.05, 4.69) is 15.6 Å². The number of ether oxygens (including phenoxy) is 1. The zero-order valence-corrected chi connectivity index (χ0v) is 15.6. The first-order valence-electron chi connectivity index (χ1n) is 8.16. The third-order valence-electron chi connectivity index (χ3n) is 3.39. The fraction of sp³-hybridized carbons (Fsp3) is 0.412. The van der Waals surface area contributed by atoms with Crippen molar-refractivity contribution >= 4 is 34.3 Å².